The smallest absolute Gasteiger partial charge is 0.0949 e. The Hall–Kier alpha value is -1.99. The van der Waals surface area contributed by atoms with Crippen molar-refractivity contribution in [3.05, 3.63) is 48.0 Å². The third kappa shape index (κ3) is 2.25. The van der Waals surface area contributed by atoms with Crippen molar-refractivity contribution in [1.82, 2.24) is 4.91 Å². The Kier molecular flexibility index (Phi) is 3.53. The maximum atomic E-state index is 5.50. The second-order valence-electron chi connectivity index (χ2n) is 2.91. The molecule has 0 atom stereocenters. The number of hydrogen-bond acceptors (Lipinski definition) is 2. The summed E-state index contributed by atoms with van der Waals surface area (Å²) in [6.07, 6.45) is 5.31. The van der Waals surface area contributed by atoms with Gasteiger partial charge in [0.1, 0.15) is 11.1 Å². The molecule has 0 fully saturated rings. The number of nitrogens with zero attached hydrogens (tertiary/aromatic N) is 1. The molecule has 0 aliphatic heterocycles. The molecule has 70 valence electrons. The highest BCUT2D eigenvalue weighted by molar-refractivity contribution is 5.77. The van der Waals surface area contributed by atoms with Crippen LogP contribution in [0.2, 0.25) is 0 Å². The van der Waals surface area contributed by atoms with Crippen LogP contribution >= 0.6 is 0 Å². The van der Waals surface area contributed by atoms with E-state index in [0.29, 0.717) is 0 Å². The molecule has 0 saturated carbocycles. The normalized spacial score (nSPS) is 12.1. The minimum Gasteiger partial charge on any atom is -0.0949 e. The molecule has 1 aliphatic rings. The van der Waals surface area contributed by atoms with Gasteiger partial charge < -0.3 is 0 Å². The summed E-state index contributed by atoms with van der Waals surface area (Å²) in [6.45, 7) is 4.00. The molecule has 0 amide bonds. The van der Waals surface area contributed by atoms with Gasteiger partial charge in [0.15, 0.2) is 0 Å². The van der Waals surface area contributed by atoms with Gasteiger partial charge in [-0.3, -0.25) is 0 Å². The first-order valence-corrected chi connectivity index (χ1v) is 4.26. The number of nitrogens with one attached hydrogen (secondary N) is 2. The Morgan fingerprint density at radius 3 is 2.50 bits per heavy atom. The molecule has 0 radical (unpaired) electrons. The van der Waals surface area contributed by atoms with Gasteiger partial charge in [-0.1, -0.05) is 43.0 Å². The molecular formula is C11H12N3+. The van der Waals surface area contributed by atoms with Crippen LogP contribution in [0.25, 0.3) is 11.6 Å². The highest BCUT2D eigenvalue weighted by Crippen LogP contribution is 2.26. The summed E-state index contributed by atoms with van der Waals surface area (Å²) in [6, 6.07) is 8.36. The van der Waals surface area contributed by atoms with Gasteiger partial charge in [0.05, 0.1) is 0 Å². The topological polar surface area (TPSA) is 61.8 Å². The third-order valence-corrected chi connectivity index (χ3v) is 2.00. The second kappa shape index (κ2) is 4.90. The number of benzene rings is 1. The Morgan fingerprint density at radius 1 is 1.21 bits per heavy atom. The van der Waals surface area contributed by atoms with Gasteiger partial charge in [0.2, 0.25) is 4.91 Å². The lowest BCUT2D eigenvalue weighted by atomic mass is 9.94. The molecular weight excluding hydrogens is 174 g/mol. The molecule has 0 aromatic heterocycles. The van der Waals surface area contributed by atoms with Crippen LogP contribution < -0.4 is 4.91 Å². The lowest BCUT2D eigenvalue weighted by molar-refractivity contribution is 0.928. The van der Waals surface area contributed by atoms with Gasteiger partial charge in [-0.25, -0.2) is 0 Å². The quantitative estimate of drug-likeness (QED) is 0.461. The van der Waals surface area contributed by atoms with Crippen LogP contribution in [-0.2, 0) is 0 Å². The Bertz CT molecular complexity index is 399. The Morgan fingerprint density at radius 2 is 1.86 bits per heavy atom. The van der Waals surface area contributed by atoms with Crippen molar-refractivity contribution in [2.75, 3.05) is 0 Å². The van der Waals surface area contributed by atoms with Gasteiger partial charge in [-0.05, 0) is 23.1 Å². The van der Waals surface area contributed by atoms with E-state index < -0.39 is 0 Å². The summed E-state index contributed by atoms with van der Waals surface area (Å²) < 4.78 is 0. The molecule has 2 N–H and O–H groups in total. The van der Waals surface area contributed by atoms with E-state index in [0.717, 1.165) is 6.42 Å². The lowest BCUT2D eigenvalue weighted by Crippen LogP contribution is -1.90. The number of rotatable bonds is 0. The van der Waals surface area contributed by atoms with Crippen molar-refractivity contribution in [1.29, 1.82) is 11.1 Å². The fourth-order valence-electron chi connectivity index (χ4n) is 1.40. The number of fused-ring (bicyclic) bond motifs is 1. The average molecular weight is 186 g/mol. The predicted octanol–water partition coefficient (Wildman–Crippen LogP) is 3.23. The summed E-state index contributed by atoms with van der Waals surface area (Å²) in [5.41, 5.74) is 14.8. The highest BCUT2D eigenvalue weighted by Gasteiger charge is 2.04. The van der Waals surface area contributed by atoms with Crippen molar-refractivity contribution >= 4 is 11.6 Å². The van der Waals surface area contributed by atoms with Crippen molar-refractivity contribution in [2.24, 2.45) is 0 Å². The van der Waals surface area contributed by atoms with E-state index in [1.54, 1.807) is 0 Å². The minimum absolute atomic E-state index is 0.997. The van der Waals surface area contributed by atoms with E-state index >= 15 is 0 Å². The van der Waals surface area contributed by atoms with E-state index in [1.807, 2.05) is 4.91 Å². The standard InChI is InChI=1S/C11H10.H2N3/c1-9-5-4-7-10-6-2-3-8-11(9)10;1-3-2/h2-4,6-8H,1,5H2;1-2H/q;+1. The molecule has 2 rings (SSSR count). The first kappa shape index (κ1) is 10.1. The predicted molar refractivity (Wildman–Crippen MR) is 56.7 cm³/mol. The van der Waals surface area contributed by atoms with Crippen LogP contribution in [0.3, 0.4) is 0 Å². The largest absolute Gasteiger partial charge is 0.211 e. The van der Waals surface area contributed by atoms with Gasteiger partial charge >= 0.3 is 0 Å². The Balaban J connectivity index is 0.000000293. The molecule has 0 spiro atoms. The summed E-state index contributed by atoms with van der Waals surface area (Å²) in [7, 11) is 0. The average Bonchev–Trinajstić information content (AvgIpc) is 2.20. The molecule has 3 heteroatoms. The molecule has 1 aliphatic carbocycles. The van der Waals surface area contributed by atoms with Crippen molar-refractivity contribution in [3.8, 4) is 0 Å². The van der Waals surface area contributed by atoms with Crippen LogP contribution in [0.5, 0.6) is 0 Å². The van der Waals surface area contributed by atoms with Gasteiger partial charge in [0, 0.05) is 0 Å². The van der Waals surface area contributed by atoms with E-state index in [1.165, 1.54) is 16.7 Å². The SMILES string of the molecule is C=C1CC=Cc2ccccc21.N=[N+]=N. The second-order valence-corrected chi connectivity index (χ2v) is 2.91. The number of allylic oxidation sites excluding steroid dienone is 2. The molecule has 0 bridgehead atoms. The van der Waals surface area contributed by atoms with E-state index in [-0.39, 0.29) is 0 Å². The van der Waals surface area contributed by atoms with E-state index in [2.05, 4.69) is 43.0 Å². The lowest BCUT2D eigenvalue weighted by Gasteiger charge is -2.11. The maximum absolute atomic E-state index is 5.50. The zero-order valence-electron chi connectivity index (χ0n) is 7.83. The highest BCUT2D eigenvalue weighted by atomic mass is 15.0. The van der Waals surface area contributed by atoms with Gasteiger partial charge in [-0.15, -0.1) is 0 Å². The third-order valence-electron chi connectivity index (χ3n) is 2.00. The molecule has 3 nitrogen and oxygen atoms in total. The monoisotopic (exact) mass is 186 g/mol. The molecule has 1 aromatic rings. The van der Waals surface area contributed by atoms with E-state index in [9.17, 15) is 0 Å². The van der Waals surface area contributed by atoms with Crippen LogP contribution in [-0.4, -0.2) is 0 Å². The van der Waals surface area contributed by atoms with Crippen LogP contribution in [0, 0.1) is 11.1 Å². The van der Waals surface area contributed by atoms with E-state index in [4.69, 9.17) is 11.1 Å². The minimum atomic E-state index is 0.997. The van der Waals surface area contributed by atoms with Crippen LogP contribution in [0.1, 0.15) is 17.5 Å². The fourth-order valence-corrected chi connectivity index (χ4v) is 1.40. The van der Waals surface area contributed by atoms with Crippen molar-refractivity contribution in [2.45, 2.75) is 6.42 Å². The molecule has 0 unspecified atom stereocenters. The summed E-state index contributed by atoms with van der Waals surface area (Å²) in [4.78, 5) is 2.00. The van der Waals surface area contributed by atoms with Crippen LogP contribution in [0.4, 0.5) is 0 Å². The molecule has 0 saturated heterocycles. The zero-order valence-corrected chi connectivity index (χ0v) is 7.83. The first-order chi connectivity index (χ1) is 6.79. The summed E-state index contributed by atoms with van der Waals surface area (Å²) >= 11 is 0. The van der Waals surface area contributed by atoms with Crippen molar-refractivity contribution < 1.29 is 0 Å². The molecule has 0 heterocycles. The molecule has 1 aromatic carbocycles. The summed E-state index contributed by atoms with van der Waals surface area (Å²) in [5, 5.41) is 0. The maximum Gasteiger partial charge on any atom is 0.211 e. The Labute approximate surface area is 82.8 Å². The number of hydrogen-bond donors (Lipinski definition) is 2. The molecule has 14 heavy (non-hydrogen) atoms. The van der Waals surface area contributed by atoms with Gasteiger partial charge in [0.25, 0.3) is 0 Å². The van der Waals surface area contributed by atoms with Crippen LogP contribution in [0.15, 0.2) is 36.9 Å². The first-order valence-electron chi connectivity index (χ1n) is 4.26. The fraction of sp³-hybridized carbons (Fsp3) is 0.0909. The summed E-state index contributed by atoms with van der Waals surface area (Å²) in [5.74, 6) is 0. The van der Waals surface area contributed by atoms with Gasteiger partial charge in [-0.2, -0.15) is 0 Å². The zero-order chi connectivity index (χ0) is 10.4. The van der Waals surface area contributed by atoms with Crippen molar-refractivity contribution in [3.63, 3.8) is 0 Å².